The molecular formula is C15H19N3O5. The minimum absolute atomic E-state index is 0.0174. The number of nitrogens with zero attached hydrogens (tertiary/aromatic N) is 1. The Morgan fingerprint density at radius 3 is 2.52 bits per heavy atom. The number of hydrogen-bond donors (Lipinski definition) is 3. The number of carboxylic acid groups (broad SMARTS) is 1. The first-order valence-corrected chi connectivity index (χ1v) is 7.16. The predicted molar refractivity (Wildman–Crippen MR) is 80.7 cm³/mol. The predicted octanol–water partition coefficient (Wildman–Crippen LogP) is 0.169. The fourth-order valence-electron chi connectivity index (χ4n) is 2.39. The number of rotatable bonds is 4. The molecule has 4 N–H and O–H groups in total. The molecule has 1 unspecified atom stereocenters. The zero-order chi connectivity index (χ0) is 17.0. The number of primary amides is 1. The van der Waals surface area contributed by atoms with E-state index >= 15 is 0 Å². The molecule has 1 fully saturated rings. The van der Waals surface area contributed by atoms with Gasteiger partial charge in [-0.3, -0.25) is 4.79 Å². The van der Waals surface area contributed by atoms with Crippen LogP contribution in [0.1, 0.15) is 22.8 Å². The molecule has 23 heavy (non-hydrogen) atoms. The molecular weight excluding hydrogens is 302 g/mol. The van der Waals surface area contributed by atoms with Crippen molar-refractivity contribution in [1.82, 2.24) is 10.2 Å². The van der Waals surface area contributed by atoms with Gasteiger partial charge in [0.25, 0.3) is 5.91 Å². The molecule has 0 spiro atoms. The molecule has 1 saturated heterocycles. The highest BCUT2D eigenvalue weighted by Gasteiger charge is 2.32. The van der Waals surface area contributed by atoms with Crippen molar-refractivity contribution in [3.05, 3.63) is 35.4 Å². The molecule has 124 valence electrons. The van der Waals surface area contributed by atoms with Gasteiger partial charge in [-0.15, -0.1) is 0 Å². The lowest BCUT2D eigenvalue weighted by Crippen LogP contribution is -2.51. The van der Waals surface area contributed by atoms with Gasteiger partial charge in [-0.25, -0.2) is 9.59 Å². The summed E-state index contributed by atoms with van der Waals surface area (Å²) in [5, 5.41) is 11.5. The number of nitrogens with two attached hydrogens (primary N) is 1. The summed E-state index contributed by atoms with van der Waals surface area (Å²) in [5.41, 5.74) is 6.25. The van der Waals surface area contributed by atoms with E-state index in [2.05, 4.69) is 5.32 Å². The number of hydrogen-bond acceptors (Lipinski definition) is 4. The van der Waals surface area contributed by atoms with Crippen LogP contribution < -0.4 is 11.1 Å². The molecule has 1 heterocycles. The number of aliphatic carboxylic acids is 1. The van der Waals surface area contributed by atoms with E-state index < -0.39 is 18.1 Å². The van der Waals surface area contributed by atoms with Crippen LogP contribution in [0.5, 0.6) is 0 Å². The largest absolute Gasteiger partial charge is 0.479 e. The lowest BCUT2D eigenvalue weighted by atomic mass is 10.1. The first-order valence-electron chi connectivity index (χ1n) is 7.16. The Morgan fingerprint density at radius 1 is 1.30 bits per heavy atom. The Hall–Kier alpha value is -2.61. The smallest absolute Gasteiger partial charge is 0.334 e. The van der Waals surface area contributed by atoms with E-state index in [1.807, 2.05) is 0 Å². The summed E-state index contributed by atoms with van der Waals surface area (Å²) < 4.78 is 5.29. The van der Waals surface area contributed by atoms with Crippen molar-refractivity contribution in [1.29, 1.82) is 0 Å². The van der Waals surface area contributed by atoms with Gasteiger partial charge in [-0.05, 0) is 24.6 Å². The van der Waals surface area contributed by atoms with Crippen LogP contribution >= 0.6 is 0 Å². The molecule has 2 atom stereocenters. The van der Waals surface area contributed by atoms with Gasteiger partial charge in [0.2, 0.25) is 0 Å². The summed E-state index contributed by atoms with van der Waals surface area (Å²) in [6.07, 6.45) is -1.35. The summed E-state index contributed by atoms with van der Waals surface area (Å²) in [5.74, 6) is -1.33. The molecule has 8 nitrogen and oxygen atoms in total. The molecule has 0 radical (unpaired) electrons. The van der Waals surface area contributed by atoms with Crippen LogP contribution in [0.3, 0.4) is 0 Å². The van der Waals surface area contributed by atoms with Crippen LogP contribution in [0.4, 0.5) is 4.79 Å². The summed E-state index contributed by atoms with van der Waals surface area (Å²) in [6.45, 7) is 2.37. The molecule has 3 amide bonds. The van der Waals surface area contributed by atoms with Gasteiger partial charge in [0.15, 0.2) is 6.10 Å². The molecule has 1 aliphatic rings. The first-order chi connectivity index (χ1) is 10.9. The van der Waals surface area contributed by atoms with E-state index in [9.17, 15) is 14.4 Å². The second-order valence-corrected chi connectivity index (χ2v) is 5.40. The minimum Gasteiger partial charge on any atom is -0.479 e. The van der Waals surface area contributed by atoms with E-state index in [0.29, 0.717) is 12.1 Å². The monoisotopic (exact) mass is 321 g/mol. The normalized spacial score (nSPS) is 20.8. The SMILES string of the molecule is C[C@@H]1CN(C(=O)c2ccc(CNC(N)=O)cc2)CC(C(=O)O)O1. The summed E-state index contributed by atoms with van der Waals surface area (Å²) in [4.78, 5) is 35.7. The third-order valence-electron chi connectivity index (χ3n) is 3.49. The fraction of sp³-hybridized carbons (Fsp3) is 0.400. The van der Waals surface area contributed by atoms with Gasteiger partial charge in [-0.1, -0.05) is 12.1 Å². The number of carboxylic acids is 1. The highest BCUT2D eigenvalue weighted by atomic mass is 16.5. The number of morpholine rings is 1. The average molecular weight is 321 g/mol. The van der Waals surface area contributed by atoms with Gasteiger partial charge < -0.3 is 25.8 Å². The summed E-state index contributed by atoms with van der Waals surface area (Å²) in [6, 6.07) is 6.07. The Balaban J connectivity index is 2.04. The summed E-state index contributed by atoms with van der Waals surface area (Å²) >= 11 is 0. The van der Waals surface area contributed by atoms with Crippen molar-refractivity contribution in [3.8, 4) is 0 Å². The molecule has 0 saturated carbocycles. The fourth-order valence-corrected chi connectivity index (χ4v) is 2.39. The van der Waals surface area contributed by atoms with Crippen LogP contribution in [0.2, 0.25) is 0 Å². The molecule has 0 aliphatic carbocycles. The van der Waals surface area contributed by atoms with Crippen LogP contribution in [-0.2, 0) is 16.1 Å². The minimum atomic E-state index is -1.08. The summed E-state index contributed by atoms with van der Waals surface area (Å²) in [7, 11) is 0. The molecule has 1 aromatic carbocycles. The second kappa shape index (κ2) is 7.10. The van der Waals surface area contributed by atoms with Crippen molar-refractivity contribution in [2.45, 2.75) is 25.7 Å². The lowest BCUT2D eigenvalue weighted by Gasteiger charge is -2.35. The average Bonchev–Trinajstić information content (AvgIpc) is 2.52. The quantitative estimate of drug-likeness (QED) is 0.729. The number of ether oxygens (including phenoxy) is 1. The Bertz CT molecular complexity index is 602. The Kier molecular flexibility index (Phi) is 5.17. The Labute approximate surface area is 133 Å². The van der Waals surface area contributed by atoms with E-state index in [1.54, 1.807) is 31.2 Å². The van der Waals surface area contributed by atoms with Crippen LogP contribution in [0.25, 0.3) is 0 Å². The molecule has 1 aromatic rings. The van der Waals surface area contributed by atoms with E-state index in [4.69, 9.17) is 15.6 Å². The molecule has 8 heteroatoms. The highest BCUT2D eigenvalue weighted by Crippen LogP contribution is 2.15. The third kappa shape index (κ3) is 4.43. The second-order valence-electron chi connectivity index (χ2n) is 5.40. The maximum Gasteiger partial charge on any atom is 0.334 e. The number of carbonyl (C=O) groups is 3. The highest BCUT2D eigenvalue weighted by molar-refractivity contribution is 5.94. The topological polar surface area (TPSA) is 122 Å². The van der Waals surface area contributed by atoms with E-state index in [0.717, 1.165) is 5.56 Å². The molecule has 2 rings (SSSR count). The van der Waals surface area contributed by atoms with Crippen LogP contribution in [0, 0.1) is 0 Å². The number of urea groups is 1. The standard InChI is InChI=1S/C15H19N3O5/c1-9-7-18(8-12(23-9)14(20)21)13(19)11-4-2-10(3-5-11)6-17-15(16)22/h2-5,9,12H,6-8H2,1H3,(H,20,21)(H3,16,17,22)/t9-,12?/m1/s1. The van der Waals surface area contributed by atoms with Crippen molar-refractivity contribution in [2.75, 3.05) is 13.1 Å². The Morgan fingerprint density at radius 2 is 1.96 bits per heavy atom. The maximum absolute atomic E-state index is 12.5. The van der Waals surface area contributed by atoms with Crippen molar-refractivity contribution < 1.29 is 24.2 Å². The van der Waals surface area contributed by atoms with E-state index in [-0.39, 0.29) is 25.1 Å². The van der Waals surface area contributed by atoms with Gasteiger partial charge in [-0.2, -0.15) is 0 Å². The van der Waals surface area contributed by atoms with Gasteiger partial charge >= 0.3 is 12.0 Å². The van der Waals surface area contributed by atoms with Crippen LogP contribution in [-0.4, -0.2) is 53.2 Å². The third-order valence-corrected chi connectivity index (χ3v) is 3.49. The van der Waals surface area contributed by atoms with E-state index in [1.165, 1.54) is 4.90 Å². The maximum atomic E-state index is 12.5. The van der Waals surface area contributed by atoms with Crippen molar-refractivity contribution >= 4 is 17.9 Å². The van der Waals surface area contributed by atoms with Crippen molar-refractivity contribution in [3.63, 3.8) is 0 Å². The van der Waals surface area contributed by atoms with Gasteiger partial charge in [0.1, 0.15) is 0 Å². The van der Waals surface area contributed by atoms with Crippen LogP contribution in [0.15, 0.2) is 24.3 Å². The number of amides is 3. The number of nitrogens with one attached hydrogen (secondary N) is 1. The van der Waals surface area contributed by atoms with Crippen molar-refractivity contribution in [2.24, 2.45) is 5.73 Å². The first kappa shape index (κ1) is 16.8. The number of benzene rings is 1. The van der Waals surface area contributed by atoms with Gasteiger partial charge in [0, 0.05) is 18.7 Å². The zero-order valence-corrected chi connectivity index (χ0v) is 12.7. The molecule has 0 bridgehead atoms. The van der Waals surface area contributed by atoms with Gasteiger partial charge in [0.05, 0.1) is 12.6 Å². The molecule has 0 aromatic heterocycles. The number of carbonyl (C=O) groups excluding carboxylic acids is 2. The zero-order valence-electron chi connectivity index (χ0n) is 12.7. The lowest BCUT2D eigenvalue weighted by molar-refractivity contribution is -0.160. The molecule has 1 aliphatic heterocycles.